The zero-order valence-electron chi connectivity index (χ0n) is 14.1. The van der Waals surface area contributed by atoms with Crippen molar-refractivity contribution < 1.29 is 54.1 Å². The van der Waals surface area contributed by atoms with Gasteiger partial charge in [0.15, 0.2) is 10.1 Å². The zero-order valence-corrected chi connectivity index (χ0v) is 14.9. The number of benzene rings is 2. The first-order valence-electron chi connectivity index (χ1n) is 6.93. The Bertz CT molecular complexity index is 884. The van der Waals surface area contributed by atoms with Gasteiger partial charge in [0.2, 0.25) is 0 Å². The van der Waals surface area contributed by atoms with Crippen LogP contribution in [0.1, 0.15) is 11.1 Å². The van der Waals surface area contributed by atoms with Gasteiger partial charge in [0.25, 0.3) is 0 Å². The molecule has 0 bridgehead atoms. The molecule has 0 unspecified atom stereocenters. The molecule has 2 aromatic rings. The van der Waals surface area contributed by atoms with Gasteiger partial charge in [-0.05, 0) is 36.6 Å². The number of aryl methyl sites for hydroxylation is 2. The van der Waals surface area contributed by atoms with E-state index in [0.29, 0.717) is 11.1 Å². The summed E-state index contributed by atoms with van der Waals surface area (Å²) in [4.78, 5) is 0. The van der Waals surface area contributed by atoms with Gasteiger partial charge in [0.05, 0.1) is 0 Å². The molecule has 26 heavy (non-hydrogen) atoms. The predicted molar refractivity (Wildman–Crippen MR) is 81.6 cm³/mol. The van der Waals surface area contributed by atoms with Crippen LogP contribution in [0.25, 0.3) is 11.1 Å². The Hall–Kier alpha value is -1.53. The average Bonchev–Trinajstić information content (AvgIpc) is 2.49. The zero-order chi connectivity index (χ0) is 19.0. The van der Waals surface area contributed by atoms with E-state index in [1.54, 1.807) is 30.3 Å². The van der Waals surface area contributed by atoms with Crippen molar-refractivity contribution in [2.75, 3.05) is 0 Å². The molecule has 0 aliphatic rings. The monoisotopic (exact) mass is 384 g/mol. The van der Waals surface area contributed by atoms with Crippen LogP contribution in [0.4, 0.5) is 17.6 Å². The summed E-state index contributed by atoms with van der Waals surface area (Å²) < 4.78 is 88.9. The summed E-state index contributed by atoms with van der Waals surface area (Å²) >= 11 is 0. The van der Waals surface area contributed by atoms with Gasteiger partial charge in [-0.25, -0.2) is 8.42 Å². The van der Waals surface area contributed by atoms with Crippen LogP contribution in [0, 0.1) is 13.8 Å². The third kappa shape index (κ3) is 4.41. The van der Waals surface area contributed by atoms with E-state index in [9.17, 15) is 30.5 Å². The average molecular weight is 384 g/mol. The third-order valence-electron chi connectivity index (χ3n) is 3.46. The van der Waals surface area contributed by atoms with Crippen molar-refractivity contribution in [1.29, 1.82) is 0 Å². The van der Waals surface area contributed by atoms with Gasteiger partial charge in [-0.1, -0.05) is 42.0 Å². The van der Waals surface area contributed by atoms with E-state index in [0.717, 1.165) is 11.6 Å². The Morgan fingerprint density at radius 2 is 1.42 bits per heavy atom. The van der Waals surface area contributed by atoms with Crippen LogP contribution in [0.2, 0.25) is 0 Å². The molecule has 0 aliphatic carbocycles. The van der Waals surface area contributed by atoms with E-state index in [1.165, 1.54) is 13.0 Å². The number of alkyl halides is 4. The Kier molecular flexibility index (Phi) is 6.58. The predicted octanol–water partition coefficient (Wildman–Crippen LogP) is 1.08. The molecular formula is C16H13F4LiO4S. The maximum Gasteiger partial charge on any atom is 1.00 e. The normalized spacial score (nSPS) is 12.4. The number of rotatable bonds is 5. The standard InChI is InChI=1S/C16H14F4O4S.Li/c1-10-3-6-12(7-4-10)13-8-5-11(2)14(9-13)24-15(17,18)16(19,20)25(21,22)23;/h3-9H,1-2H3,(H,21,22,23);/q;+1/p-1. The molecule has 136 valence electrons. The van der Waals surface area contributed by atoms with E-state index < -0.39 is 27.2 Å². The minimum absolute atomic E-state index is 0. The van der Waals surface area contributed by atoms with Gasteiger partial charge in [-0.2, -0.15) is 17.6 Å². The van der Waals surface area contributed by atoms with Crippen LogP contribution in [0.5, 0.6) is 5.75 Å². The largest absolute Gasteiger partial charge is 1.00 e. The van der Waals surface area contributed by atoms with Crippen molar-refractivity contribution in [3.63, 3.8) is 0 Å². The first kappa shape index (κ1) is 22.5. The van der Waals surface area contributed by atoms with E-state index >= 15 is 0 Å². The Balaban J connectivity index is 0.00000338. The second-order valence-corrected chi connectivity index (χ2v) is 6.86. The quantitative estimate of drug-likeness (QED) is 0.440. The molecule has 0 aliphatic heterocycles. The Morgan fingerprint density at radius 1 is 0.923 bits per heavy atom. The van der Waals surface area contributed by atoms with Crippen LogP contribution in [0.3, 0.4) is 0 Å². The summed E-state index contributed by atoms with van der Waals surface area (Å²) in [6, 6.07) is 10.9. The van der Waals surface area contributed by atoms with E-state index in [4.69, 9.17) is 0 Å². The van der Waals surface area contributed by atoms with Crippen molar-refractivity contribution >= 4 is 10.1 Å². The molecule has 0 atom stereocenters. The van der Waals surface area contributed by atoms with Crippen LogP contribution in [-0.2, 0) is 10.1 Å². The molecule has 0 saturated heterocycles. The summed E-state index contributed by atoms with van der Waals surface area (Å²) in [6.45, 7) is 3.16. The van der Waals surface area contributed by atoms with Crippen molar-refractivity contribution in [2.45, 2.75) is 25.2 Å². The van der Waals surface area contributed by atoms with E-state index in [-0.39, 0.29) is 24.4 Å². The van der Waals surface area contributed by atoms with Crippen LogP contribution in [-0.4, -0.2) is 24.3 Å². The fourth-order valence-corrected chi connectivity index (χ4v) is 2.31. The molecule has 0 radical (unpaired) electrons. The van der Waals surface area contributed by atoms with Gasteiger partial charge in [0.1, 0.15) is 5.75 Å². The molecule has 0 spiro atoms. The summed E-state index contributed by atoms with van der Waals surface area (Å²) in [5.41, 5.74) is 2.03. The second kappa shape index (κ2) is 7.60. The first-order chi connectivity index (χ1) is 11.3. The SMILES string of the molecule is Cc1ccc(-c2ccc(C)c(OC(F)(F)C(F)(F)S(=O)(=O)[O-])c2)cc1.[Li+]. The molecule has 0 saturated carbocycles. The molecule has 0 fully saturated rings. The number of halogens is 4. The van der Waals surface area contributed by atoms with Crippen LogP contribution in [0.15, 0.2) is 42.5 Å². The topological polar surface area (TPSA) is 66.4 Å². The number of ether oxygens (including phenoxy) is 1. The van der Waals surface area contributed by atoms with Crippen LogP contribution >= 0.6 is 0 Å². The fourth-order valence-electron chi connectivity index (χ4n) is 1.98. The van der Waals surface area contributed by atoms with Crippen molar-refractivity contribution in [1.82, 2.24) is 0 Å². The van der Waals surface area contributed by atoms with Gasteiger partial charge < -0.3 is 9.29 Å². The molecule has 0 aromatic heterocycles. The number of hydrogen-bond acceptors (Lipinski definition) is 4. The summed E-state index contributed by atoms with van der Waals surface area (Å²) in [7, 11) is -6.62. The summed E-state index contributed by atoms with van der Waals surface area (Å²) in [5.74, 6) is -0.661. The van der Waals surface area contributed by atoms with Gasteiger partial charge >= 0.3 is 30.2 Å². The molecule has 0 N–H and O–H groups in total. The molecular weight excluding hydrogens is 371 g/mol. The second-order valence-electron chi connectivity index (χ2n) is 5.44. The number of hydrogen-bond donors (Lipinski definition) is 0. The first-order valence-corrected chi connectivity index (χ1v) is 8.34. The Labute approximate surface area is 160 Å². The molecule has 10 heteroatoms. The minimum Gasteiger partial charge on any atom is -0.743 e. The minimum atomic E-state index is -6.62. The van der Waals surface area contributed by atoms with Gasteiger partial charge in [-0.3, -0.25) is 0 Å². The maximum absolute atomic E-state index is 13.6. The van der Waals surface area contributed by atoms with Crippen LogP contribution < -0.4 is 23.6 Å². The fraction of sp³-hybridized carbons (Fsp3) is 0.250. The Morgan fingerprint density at radius 3 is 1.92 bits per heavy atom. The van der Waals surface area contributed by atoms with E-state index in [1.807, 2.05) is 6.92 Å². The van der Waals surface area contributed by atoms with Crippen molar-refractivity contribution in [3.8, 4) is 16.9 Å². The maximum atomic E-state index is 13.6. The molecule has 0 amide bonds. The molecule has 2 aromatic carbocycles. The smallest absolute Gasteiger partial charge is 0.743 e. The van der Waals surface area contributed by atoms with E-state index in [2.05, 4.69) is 4.74 Å². The van der Waals surface area contributed by atoms with Crippen molar-refractivity contribution in [2.24, 2.45) is 0 Å². The third-order valence-corrected chi connectivity index (χ3v) is 4.33. The van der Waals surface area contributed by atoms with Gasteiger partial charge in [-0.15, -0.1) is 0 Å². The molecule has 2 rings (SSSR count). The summed E-state index contributed by atoms with van der Waals surface area (Å²) in [5, 5.41) is -5.91. The molecule has 4 nitrogen and oxygen atoms in total. The summed E-state index contributed by atoms with van der Waals surface area (Å²) in [6.07, 6.45) is -5.52. The molecule has 0 heterocycles. The van der Waals surface area contributed by atoms with Crippen molar-refractivity contribution in [3.05, 3.63) is 53.6 Å². The van der Waals surface area contributed by atoms with Gasteiger partial charge in [0, 0.05) is 0 Å².